The predicted octanol–water partition coefficient (Wildman–Crippen LogP) is 4.57. The standard InChI is InChI=1S/C18H27ClN2/c1-2-18(9-4-3-5-10-18)21-13-11-20(12-14-21)17-8-6-7-16(19)15-17/h6-8,15H,2-5,9-14H2,1H3. The molecule has 0 radical (unpaired) electrons. The maximum Gasteiger partial charge on any atom is 0.0426 e. The van der Waals surface area contributed by atoms with Gasteiger partial charge in [-0.3, -0.25) is 4.90 Å². The summed E-state index contributed by atoms with van der Waals surface area (Å²) >= 11 is 6.12. The van der Waals surface area contributed by atoms with Gasteiger partial charge in [0.1, 0.15) is 0 Å². The molecular formula is C18H27ClN2. The average molecular weight is 307 g/mol. The van der Waals surface area contributed by atoms with Crippen LogP contribution in [0.15, 0.2) is 24.3 Å². The first kappa shape index (κ1) is 15.2. The Morgan fingerprint density at radius 1 is 1.05 bits per heavy atom. The minimum absolute atomic E-state index is 0.499. The van der Waals surface area contributed by atoms with E-state index in [0.29, 0.717) is 5.54 Å². The average Bonchev–Trinajstić information content (AvgIpc) is 2.56. The van der Waals surface area contributed by atoms with E-state index in [9.17, 15) is 0 Å². The van der Waals surface area contributed by atoms with Gasteiger partial charge in [0.25, 0.3) is 0 Å². The first-order valence-electron chi connectivity index (χ1n) is 8.49. The number of hydrogen-bond donors (Lipinski definition) is 0. The SMILES string of the molecule is CCC1(N2CCN(c3cccc(Cl)c3)CC2)CCCCC1. The van der Waals surface area contributed by atoms with E-state index in [1.54, 1.807) is 0 Å². The zero-order valence-electron chi connectivity index (χ0n) is 13.2. The summed E-state index contributed by atoms with van der Waals surface area (Å²) in [4.78, 5) is 5.27. The largest absolute Gasteiger partial charge is 0.369 e. The minimum atomic E-state index is 0.499. The normalized spacial score (nSPS) is 23.2. The van der Waals surface area contributed by atoms with E-state index in [-0.39, 0.29) is 0 Å². The molecule has 0 atom stereocenters. The molecule has 2 nitrogen and oxygen atoms in total. The van der Waals surface area contributed by atoms with Gasteiger partial charge in [-0.05, 0) is 37.5 Å². The molecule has 1 heterocycles. The molecule has 1 aromatic rings. The van der Waals surface area contributed by atoms with Gasteiger partial charge in [-0.2, -0.15) is 0 Å². The lowest BCUT2D eigenvalue weighted by Crippen LogP contribution is -2.57. The predicted molar refractivity (Wildman–Crippen MR) is 91.3 cm³/mol. The molecule has 0 unspecified atom stereocenters. The van der Waals surface area contributed by atoms with E-state index in [1.165, 1.54) is 57.3 Å². The Labute approximate surface area is 134 Å². The summed E-state index contributed by atoms with van der Waals surface area (Å²) in [6, 6.07) is 8.28. The Morgan fingerprint density at radius 2 is 1.76 bits per heavy atom. The Bertz CT molecular complexity index is 460. The molecule has 1 aromatic carbocycles. The third-order valence-electron chi connectivity index (χ3n) is 5.57. The number of anilines is 1. The van der Waals surface area contributed by atoms with Crippen molar-refractivity contribution in [1.29, 1.82) is 0 Å². The third kappa shape index (κ3) is 3.22. The van der Waals surface area contributed by atoms with Gasteiger partial charge >= 0.3 is 0 Å². The topological polar surface area (TPSA) is 6.48 Å². The van der Waals surface area contributed by atoms with Crippen molar-refractivity contribution < 1.29 is 0 Å². The lowest BCUT2D eigenvalue weighted by molar-refractivity contribution is 0.0412. The maximum atomic E-state index is 6.12. The van der Waals surface area contributed by atoms with Crippen molar-refractivity contribution in [2.45, 2.75) is 51.0 Å². The van der Waals surface area contributed by atoms with Crippen LogP contribution in [-0.4, -0.2) is 36.6 Å². The number of rotatable bonds is 3. The van der Waals surface area contributed by atoms with Crippen LogP contribution >= 0.6 is 11.6 Å². The van der Waals surface area contributed by atoms with Crippen LogP contribution in [0.1, 0.15) is 45.4 Å². The van der Waals surface area contributed by atoms with Gasteiger partial charge in [0.05, 0.1) is 0 Å². The summed E-state index contributed by atoms with van der Waals surface area (Å²) in [7, 11) is 0. The van der Waals surface area contributed by atoms with Crippen molar-refractivity contribution in [1.82, 2.24) is 4.90 Å². The van der Waals surface area contributed by atoms with E-state index in [1.807, 2.05) is 6.07 Å². The van der Waals surface area contributed by atoms with Gasteiger partial charge in [0, 0.05) is 42.4 Å². The molecule has 1 saturated heterocycles. The first-order valence-corrected chi connectivity index (χ1v) is 8.87. The molecule has 1 aliphatic carbocycles. The summed E-state index contributed by atoms with van der Waals surface area (Å²) in [5.74, 6) is 0. The van der Waals surface area contributed by atoms with Crippen LogP contribution in [0.4, 0.5) is 5.69 Å². The highest BCUT2D eigenvalue weighted by atomic mass is 35.5. The third-order valence-corrected chi connectivity index (χ3v) is 5.80. The van der Waals surface area contributed by atoms with Crippen molar-refractivity contribution in [2.75, 3.05) is 31.1 Å². The summed E-state index contributed by atoms with van der Waals surface area (Å²) in [5, 5.41) is 0.840. The maximum absolute atomic E-state index is 6.12. The van der Waals surface area contributed by atoms with Gasteiger partial charge in [0.2, 0.25) is 0 Å². The number of nitrogens with zero attached hydrogens (tertiary/aromatic N) is 2. The van der Waals surface area contributed by atoms with Crippen molar-refractivity contribution in [2.24, 2.45) is 0 Å². The molecule has 0 N–H and O–H groups in total. The van der Waals surface area contributed by atoms with E-state index < -0.39 is 0 Å². The monoisotopic (exact) mass is 306 g/mol. The number of benzene rings is 1. The molecular weight excluding hydrogens is 280 g/mol. The van der Waals surface area contributed by atoms with Crippen LogP contribution in [0.5, 0.6) is 0 Å². The molecule has 1 aliphatic heterocycles. The smallest absolute Gasteiger partial charge is 0.0426 e. The number of halogens is 1. The second-order valence-corrected chi connectivity index (χ2v) is 7.03. The van der Waals surface area contributed by atoms with E-state index in [2.05, 4.69) is 34.9 Å². The number of hydrogen-bond acceptors (Lipinski definition) is 2. The lowest BCUT2D eigenvalue weighted by Gasteiger charge is -2.50. The van der Waals surface area contributed by atoms with Gasteiger partial charge in [-0.25, -0.2) is 0 Å². The summed E-state index contributed by atoms with van der Waals surface area (Å²) < 4.78 is 0. The Kier molecular flexibility index (Phi) is 4.75. The lowest BCUT2D eigenvalue weighted by atomic mass is 9.78. The fraction of sp³-hybridized carbons (Fsp3) is 0.667. The molecule has 2 fully saturated rings. The molecule has 3 rings (SSSR count). The van der Waals surface area contributed by atoms with E-state index in [4.69, 9.17) is 11.6 Å². The van der Waals surface area contributed by atoms with Crippen LogP contribution in [-0.2, 0) is 0 Å². The number of piperazine rings is 1. The highest BCUT2D eigenvalue weighted by Crippen LogP contribution is 2.37. The molecule has 1 saturated carbocycles. The molecule has 0 bridgehead atoms. The van der Waals surface area contributed by atoms with Crippen molar-refractivity contribution in [3.8, 4) is 0 Å². The van der Waals surface area contributed by atoms with Crippen LogP contribution in [0, 0.1) is 0 Å². The summed E-state index contributed by atoms with van der Waals surface area (Å²) in [6.45, 7) is 7.03. The Balaban J connectivity index is 1.64. The minimum Gasteiger partial charge on any atom is -0.369 e. The van der Waals surface area contributed by atoms with Crippen LogP contribution in [0.3, 0.4) is 0 Å². The molecule has 3 heteroatoms. The molecule has 0 spiro atoms. The Hall–Kier alpha value is -0.730. The van der Waals surface area contributed by atoms with Crippen LogP contribution in [0.25, 0.3) is 0 Å². The fourth-order valence-electron chi connectivity index (χ4n) is 4.22. The highest BCUT2D eigenvalue weighted by molar-refractivity contribution is 6.30. The van der Waals surface area contributed by atoms with Crippen LogP contribution in [0.2, 0.25) is 5.02 Å². The quantitative estimate of drug-likeness (QED) is 0.807. The molecule has 2 aliphatic rings. The zero-order valence-corrected chi connectivity index (χ0v) is 13.9. The first-order chi connectivity index (χ1) is 10.2. The highest BCUT2D eigenvalue weighted by Gasteiger charge is 2.37. The van der Waals surface area contributed by atoms with Crippen molar-refractivity contribution in [3.63, 3.8) is 0 Å². The van der Waals surface area contributed by atoms with Gasteiger partial charge in [-0.15, -0.1) is 0 Å². The second-order valence-electron chi connectivity index (χ2n) is 6.59. The van der Waals surface area contributed by atoms with Crippen LogP contribution < -0.4 is 4.90 Å². The summed E-state index contributed by atoms with van der Waals surface area (Å²) in [5.41, 5.74) is 1.77. The van der Waals surface area contributed by atoms with Crippen molar-refractivity contribution >= 4 is 17.3 Å². The molecule has 0 amide bonds. The molecule has 0 aromatic heterocycles. The van der Waals surface area contributed by atoms with Gasteiger partial charge in [0.15, 0.2) is 0 Å². The zero-order chi connectivity index (χ0) is 14.7. The van der Waals surface area contributed by atoms with E-state index in [0.717, 1.165) is 18.1 Å². The molecule has 116 valence electrons. The van der Waals surface area contributed by atoms with E-state index >= 15 is 0 Å². The van der Waals surface area contributed by atoms with Gasteiger partial charge in [-0.1, -0.05) is 43.9 Å². The Morgan fingerprint density at radius 3 is 2.38 bits per heavy atom. The fourth-order valence-corrected chi connectivity index (χ4v) is 4.40. The van der Waals surface area contributed by atoms with Gasteiger partial charge < -0.3 is 4.90 Å². The second kappa shape index (κ2) is 6.58. The molecule has 21 heavy (non-hydrogen) atoms. The summed E-state index contributed by atoms with van der Waals surface area (Å²) in [6.07, 6.45) is 8.39. The van der Waals surface area contributed by atoms with Crippen molar-refractivity contribution in [3.05, 3.63) is 29.3 Å².